The number of hydrogen-bond donors (Lipinski definition) is 1. The van der Waals surface area contributed by atoms with Gasteiger partial charge in [0, 0.05) is 19.3 Å². The molecule has 1 aromatic carbocycles. The minimum absolute atomic E-state index is 0.0848. The minimum atomic E-state index is -0.378. The number of carbonyl (C=O) groups excluding carboxylic acids is 2. The van der Waals surface area contributed by atoms with Gasteiger partial charge in [-0.2, -0.15) is 0 Å². The first-order valence-electron chi connectivity index (χ1n) is 7.96. The molecule has 2 heterocycles. The number of fused-ring (bicyclic) bond motifs is 1. The lowest BCUT2D eigenvalue weighted by Crippen LogP contribution is -2.32. The van der Waals surface area contributed by atoms with E-state index in [4.69, 9.17) is 10.5 Å². The van der Waals surface area contributed by atoms with E-state index in [2.05, 4.69) is 4.98 Å². The van der Waals surface area contributed by atoms with Gasteiger partial charge in [-0.05, 0) is 34.9 Å². The molecule has 1 atom stereocenters. The van der Waals surface area contributed by atoms with Crippen LogP contribution in [0, 0.1) is 0 Å². The van der Waals surface area contributed by atoms with Crippen molar-refractivity contribution in [3.8, 4) is 0 Å². The number of aromatic nitrogens is 1. The van der Waals surface area contributed by atoms with Crippen LogP contribution in [0.25, 0.3) is 6.08 Å². The van der Waals surface area contributed by atoms with Crippen LogP contribution in [-0.2, 0) is 20.9 Å². The highest BCUT2D eigenvalue weighted by Gasteiger charge is 2.28. The van der Waals surface area contributed by atoms with Crippen LogP contribution < -0.4 is 5.73 Å². The highest BCUT2D eigenvalue weighted by molar-refractivity contribution is 5.80. The normalized spacial score (nSPS) is 15.6. The molecule has 2 N–H and O–H groups in total. The second-order valence-corrected chi connectivity index (χ2v) is 5.84. The number of carbonyl (C=O) groups is 2. The van der Waals surface area contributed by atoms with Crippen molar-refractivity contribution in [2.24, 2.45) is 0 Å². The quantitative estimate of drug-likeness (QED) is 0.867. The van der Waals surface area contributed by atoms with Crippen LogP contribution >= 0.6 is 0 Å². The van der Waals surface area contributed by atoms with Gasteiger partial charge in [0.1, 0.15) is 12.4 Å². The van der Waals surface area contributed by atoms with Crippen molar-refractivity contribution in [3.63, 3.8) is 0 Å². The molecule has 0 saturated heterocycles. The first-order chi connectivity index (χ1) is 12.0. The Morgan fingerprint density at radius 2 is 2.08 bits per heavy atom. The van der Waals surface area contributed by atoms with Gasteiger partial charge in [-0.3, -0.25) is 9.59 Å². The number of nitrogens with two attached hydrogens (primary N) is 1. The SMILES string of the molecule is CC(=O)N1C=Cc2ccccc2C1CC(=O)OCc1ccnc(N)c1. The third-order valence-corrected chi connectivity index (χ3v) is 4.07. The van der Waals surface area contributed by atoms with Gasteiger partial charge in [-0.15, -0.1) is 0 Å². The average Bonchev–Trinajstić information content (AvgIpc) is 2.60. The Balaban J connectivity index is 1.72. The summed E-state index contributed by atoms with van der Waals surface area (Å²) in [6, 6.07) is 10.7. The maximum atomic E-state index is 12.3. The molecule has 25 heavy (non-hydrogen) atoms. The molecule has 128 valence electrons. The topological polar surface area (TPSA) is 85.5 Å². The monoisotopic (exact) mass is 337 g/mol. The fourth-order valence-electron chi connectivity index (χ4n) is 2.88. The number of pyridine rings is 1. The maximum Gasteiger partial charge on any atom is 0.308 e. The largest absolute Gasteiger partial charge is 0.461 e. The summed E-state index contributed by atoms with van der Waals surface area (Å²) < 4.78 is 5.34. The molecule has 2 aromatic rings. The molecule has 0 fully saturated rings. The molecule has 3 rings (SSSR count). The Labute approximate surface area is 145 Å². The smallest absolute Gasteiger partial charge is 0.308 e. The molecule has 6 heteroatoms. The third-order valence-electron chi connectivity index (χ3n) is 4.07. The zero-order valence-corrected chi connectivity index (χ0v) is 13.9. The lowest BCUT2D eigenvalue weighted by molar-refractivity contribution is -0.146. The van der Waals surface area contributed by atoms with Crippen LogP contribution in [0.1, 0.15) is 36.1 Å². The molecule has 1 amide bonds. The molecule has 0 saturated carbocycles. The van der Waals surface area contributed by atoms with E-state index in [1.807, 2.05) is 30.3 Å². The number of nitrogens with zero attached hydrogens (tertiary/aromatic N) is 2. The van der Waals surface area contributed by atoms with E-state index >= 15 is 0 Å². The van der Waals surface area contributed by atoms with Crippen molar-refractivity contribution in [1.82, 2.24) is 9.88 Å². The van der Waals surface area contributed by atoms with Crippen LogP contribution in [-0.4, -0.2) is 21.8 Å². The van der Waals surface area contributed by atoms with Gasteiger partial charge >= 0.3 is 5.97 Å². The molecular weight excluding hydrogens is 318 g/mol. The van der Waals surface area contributed by atoms with Crippen molar-refractivity contribution in [1.29, 1.82) is 0 Å². The number of amides is 1. The number of rotatable bonds is 4. The summed E-state index contributed by atoms with van der Waals surface area (Å²) in [6.45, 7) is 1.60. The fraction of sp³-hybridized carbons (Fsp3) is 0.211. The highest BCUT2D eigenvalue weighted by Crippen LogP contribution is 2.33. The summed E-state index contributed by atoms with van der Waals surface area (Å²) in [7, 11) is 0. The summed E-state index contributed by atoms with van der Waals surface area (Å²) in [5.74, 6) is -0.121. The molecular formula is C19H19N3O3. The van der Waals surface area contributed by atoms with Gasteiger partial charge in [0.25, 0.3) is 0 Å². The molecule has 0 radical (unpaired) electrons. The molecule has 1 aliphatic heterocycles. The second kappa shape index (κ2) is 7.17. The van der Waals surface area contributed by atoms with E-state index in [1.54, 1.807) is 29.4 Å². The number of anilines is 1. The fourth-order valence-corrected chi connectivity index (χ4v) is 2.88. The highest BCUT2D eigenvalue weighted by atomic mass is 16.5. The summed E-state index contributed by atoms with van der Waals surface area (Å²) >= 11 is 0. The zero-order valence-electron chi connectivity index (χ0n) is 13.9. The summed E-state index contributed by atoms with van der Waals surface area (Å²) in [5, 5.41) is 0. The predicted molar refractivity (Wildman–Crippen MR) is 93.8 cm³/mol. The van der Waals surface area contributed by atoms with Gasteiger partial charge < -0.3 is 15.4 Å². The Hall–Kier alpha value is -3.15. The molecule has 0 aliphatic carbocycles. The first kappa shape index (κ1) is 16.7. The van der Waals surface area contributed by atoms with Crippen molar-refractivity contribution in [3.05, 3.63) is 65.5 Å². The van der Waals surface area contributed by atoms with Gasteiger partial charge in [-0.1, -0.05) is 24.3 Å². The molecule has 0 spiro atoms. The lowest BCUT2D eigenvalue weighted by Gasteiger charge is -2.32. The van der Waals surface area contributed by atoms with Crippen LogP contribution in [0.2, 0.25) is 0 Å². The number of esters is 1. The molecule has 1 aliphatic rings. The van der Waals surface area contributed by atoms with Gasteiger partial charge in [-0.25, -0.2) is 4.98 Å². The Bertz CT molecular complexity index is 832. The van der Waals surface area contributed by atoms with Gasteiger partial charge in [0.05, 0.1) is 12.5 Å². The second-order valence-electron chi connectivity index (χ2n) is 5.84. The van der Waals surface area contributed by atoms with Gasteiger partial charge in [0.15, 0.2) is 0 Å². The summed E-state index contributed by atoms with van der Waals surface area (Å²) in [4.78, 5) is 29.7. The zero-order chi connectivity index (χ0) is 17.8. The van der Waals surface area contributed by atoms with E-state index in [1.165, 1.54) is 6.92 Å². The van der Waals surface area contributed by atoms with E-state index in [9.17, 15) is 9.59 Å². The van der Waals surface area contributed by atoms with E-state index < -0.39 is 0 Å². The van der Waals surface area contributed by atoms with Gasteiger partial charge in [0.2, 0.25) is 5.91 Å². The molecule has 1 aromatic heterocycles. The number of ether oxygens (including phenoxy) is 1. The molecule has 6 nitrogen and oxygen atoms in total. The lowest BCUT2D eigenvalue weighted by atomic mass is 9.94. The van der Waals surface area contributed by atoms with Crippen molar-refractivity contribution in [2.75, 3.05) is 5.73 Å². The first-order valence-corrected chi connectivity index (χ1v) is 7.96. The number of nitrogen functional groups attached to an aromatic ring is 1. The molecule has 1 unspecified atom stereocenters. The third kappa shape index (κ3) is 3.85. The van der Waals surface area contributed by atoms with Crippen LogP contribution in [0.3, 0.4) is 0 Å². The van der Waals surface area contributed by atoms with Crippen molar-refractivity contribution < 1.29 is 14.3 Å². The van der Waals surface area contributed by atoms with E-state index in [-0.39, 0.29) is 30.9 Å². The maximum absolute atomic E-state index is 12.3. The molecule has 0 bridgehead atoms. The van der Waals surface area contributed by atoms with E-state index in [0.717, 1.165) is 16.7 Å². The number of benzene rings is 1. The Morgan fingerprint density at radius 1 is 1.28 bits per heavy atom. The number of hydrogen-bond acceptors (Lipinski definition) is 5. The summed E-state index contributed by atoms with van der Waals surface area (Å²) in [6.07, 6.45) is 5.24. The van der Waals surface area contributed by atoms with Crippen molar-refractivity contribution in [2.45, 2.75) is 26.0 Å². The Morgan fingerprint density at radius 3 is 2.84 bits per heavy atom. The van der Waals surface area contributed by atoms with E-state index in [0.29, 0.717) is 5.82 Å². The minimum Gasteiger partial charge on any atom is -0.461 e. The average molecular weight is 337 g/mol. The Kier molecular flexibility index (Phi) is 4.79. The standard InChI is InChI=1S/C19H19N3O3/c1-13(23)22-9-7-15-4-2-3-5-16(15)17(22)11-19(24)25-12-14-6-8-21-18(20)10-14/h2-10,17H,11-12H2,1H3,(H2,20,21). The summed E-state index contributed by atoms with van der Waals surface area (Å²) in [5.41, 5.74) is 8.32. The predicted octanol–water partition coefficient (Wildman–Crippen LogP) is 2.67. The van der Waals surface area contributed by atoms with Crippen LogP contribution in [0.5, 0.6) is 0 Å². The van der Waals surface area contributed by atoms with Crippen LogP contribution in [0.15, 0.2) is 48.8 Å². The van der Waals surface area contributed by atoms with Crippen LogP contribution in [0.4, 0.5) is 5.82 Å². The van der Waals surface area contributed by atoms with Crippen molar-refractivity contribution >= 4 is 23.8 Å².